The molecule has 0 aliphatic carbocycles. The van der Waals surface area contributed by atoms with Gasteiger partial charge in [0.1, 0.15) is 11.6 Å². The number of nitrogens with one attached hydrogen (secondary N) is 2. The summed E-state index contributed by atoms with van der Waals surface area (Å²) in [6, 6.07) is 5.49. The van der Waals surface area contributed by atoms with Crippen molar-refractivity contribution >= 4 is 5.91 Å². The first-order chi connectivity index (χ1) is 8.74. The molecular formula is C12H12FN3O2. The Hall–Kier alpha value is -2.37. The van der Waals surface area contributed by atoms with E-state index in [1.54, 1.807) is 6.20 Å². The number of imidazole rings is 1. The van der Waals surface area contributed by atoms with Gasteiger partial charge in [0.2, 0.25) is 0 Å². The third-order valence-corrected chi connectivity index (χ3v) is 2.21. The maximum absolute atomic E-state index is 12.6. The predicted octanol–water partition coefficient (Wildman–Crippen LogP) is 1.24. The van der Waals surface area contributed by atoms with Crippen LogP contribution in [0.25, 0.3) is 0 Å². The fraction of sp³-hybridized carbons (Fsp3) is 0.167. The third kappa shape index (κ3) is 3.58. The van der Waals surface area contributed by atoms with Crippen LogP contribution < -0.4 is 10.1 Å². The number of aromatic nitrogens is 2. The van der Waals surface area contributed by atoms with Crippen LogP contribution in [0, 0.1) is 5.82 Å². The second kappa shape index (κ2) is 5.81. The monoisotopic (exact) mass is 249 g/mol. The molecule has 0 unspecified atom stereocenters. The van der Waals surface area contributed by atoms with Crippen LogP contribution in [0.3, 0.4) is 0 Å². The molecule has 1 amide bonds. The molecule has 1 heterocycles. The summed E-state index contributed by atoms with van der Waals surface area (Å²) in [5.74, 6) is -0.145. The van der Waals surface area contributed by atoms with E-state index in [0.717, 1.165) is 5.69 Å². The minimum Gasteiger partial charge on any atom is -0.484 e. The van der Waals surface area contributed by atoms with Crippen LogP contribution in [0.15, 0.2) is 36.8 Å². The Morgan fingerprint density at radius 2 is 2.17 bits per heavy atom. The number of halogens is 1. The molecule has 0 atom stereocenters. The van der Waals surface area contributed by atoms with E-state index in [4.69, 9.17) is 4.74 Å². The Kier molecular flexibility index (Phi) is 3.90. The molecule has 0 fully saturated rings. The van der Waals surface area contributed by atoms with Gasteiger partial charge < -0.3 is 15.0 Å². The quantitative estimate of drug-likeness (QED) is 0.837. The lowest BCUT2D eigenvalue weighted by Gasteiger charge is -2.06. The molecule has 0 bridgehead atoms. The molecule has 18 heavy (non-hydrogen) atoms. The highest BCUT2D eigenvalue weighted by Gasteiger charge is 2.03. The van der Waals surface area contributed by atoms with E-state index in [1.165, 1.54) is 30.6 Å². The number of rotatable bonds is 5. The Bertz CT molecular complexity index is 497. The lowest BCUT2D eigenvalue weighted by atomic mass is 10.3. The number of H-pyrrole nitrogens is 1. The number of nitrogens with zero attached hydrogens (tertiary/aromatic N) is 1. The number of benzene rings is 1. The van der Waals surface area contributed by atoms with Crippen molar-refractivity contribution in [2.75, 3.05) is 6.61 Å². The van der Waals surface area contributed by atoms with Gasteiger partial charge in [0.25, 0.3) is 5.91 Å². The maximum Gasteiger partial charge on any atom is 0.258 e. The van der Waals surface area contributed by atoms with Crippen molar-refractivity contribution in [3.63, 3.8) is 0 Å². The highest BCUT2D eigenvalue weighted by molar-refractivity contribution is 5.77. The van der Waals surface area contributed by atoms with Crippen LogP contribution in [-0.2, 0) is 11.3 Å². The standard InChI is InChI=1S/C12H12FN3O2/c13-9-1-3-11(4-2-9)18-7-12(17)15-6-10-5-14-8-16-10/h1-5,8H,6-7H2,(H,14,16)(H,15,17). The number of hydrogen-bond acceptors (Lipinski definition) is 3. The van der Waals surface area contributed by atoms with Gasteiger partial charge in [-0.15, -0.1) is 0 Å². The van der Waals surface area contributed by atoms with E-state index in [2.05, 4.69) is 15.3 Å². The first-order valence-corrected chi connectivity index (χ1v) is 5.36. The number of carbonyl (C=O) groups excluding carboxylic acids is 1. The minimum absolute atomic E-state index is 0.111. The highest BCUT2D eigenvalue weighted by Crippen LogP contribution is 2.10. The van der Waals surface area contributed by atoms with Gasteiger partial charge in [-0.05, 0) is 24.3 Å². The SMILES string of the molecule is O=C(COc1ccc(F)cc1)NCc1cnc[nH]1. The van der Waals surface area contributed by atoms with Gasteiger partial charge in [-0.25, -0.2) is 9.37 Å². The van der Waals surface area contributed by atoms with Crippen molar-refractivity contribution in [2.24, 2.45) is 0 Å². The van der Waals surface area contributed by atoms with E-state index < -0.39 is 0 Å². The van der Waals surface area contributed by atoms with Gasteiger partial charge in [0.05, 0.1) is 18.6 Å². The molecule has 2 N–H and O–H groups in total. The van der Waals surface area contributed by atoms with E-state index >= 15 is 0 Å². The summed E-state index contributed by atoms with van der Waals surface area (Å²) in [4.78, 5) is 18.1. The van der Waals surface area contributed by atoms with Crippen molar-refractivity contribution in [3.8, 4) is 5.75 Å². The van der Waals surface area contributed by atoms with E-state index in [9.17, 15) is 9.18 Å². The minimum atomic E-state index is -0.342. The number of aromatic amines is 1. The van der Waals surface area contributed by atoms with Gasteiger partial charge in [-0.1, -0.05) is 0 Å². The summed E-state index contributed by atoms with van der Waals surface area (Å²) in [6.45, 7) is 0.255. The second-order valence-electron chi connectivity index (χ2n) is 3.60. The lowest BCUT2D eigenvalue weighted by Crippen LogP contribution is -2.28. The summed E-state index contributed by atoms with van der Waals surface area (Å²) >= 11 is 0. The van der Waals surface area contributed by atoms with Gasteiger partial charge in [0, 0.05) is 6.20 Å². The summed E-state index contributed by atoms with van der Waals surface area (Å²) in [5, 5.41) is 2.66. The van der Waals surface area contributed by atoms with Gasteiger partial charge >= 0.3 is 0 Å². The molecule has 5 nitrogen and oxygen atoms in total. The van der Waals surface area contributed by atoms with Crippen LogP contribution in [0.2, 0.25) is 0 Å². The molecule has 2 rings (SSSR count). The van der Waals surface area contributed by atoms with Crippen molar-refractivity contribution < 1.29 is 13.9 Å². The lowest BCUT2D eigenvalue weighted by molar-refractivity contribution is -0.123. The molecule has 1 aromatic carbocycles. The largest absolute Gasteiger partial charge is 0.484 e. The Morgan fingerprint density at radius 1 is 1.39 bits per heavy atom. The van der Waals surface area contributed by atoms with Crippen molar-refractivity contribution in [1.29, 1.82) is 0 Å². The average molecular weight is 249 g/mol. The topological polar surface area (TPSA) is 67.0 Å². The van der Waals surface area contributed by atoms with E-state index in [-0.39, 0.29) is 18.3 Å². The molecule has 0 aliphatic heterocycles. The summed E-state index contributed by atoms with van der Waals surface area (Å²) in [5.41, 5.74) is 0.810. The number of ether oxygens (including phenoxy) is 1. The maximum atomic E-state index is 12.6. The zero-order valence-electron chi connectivity index (χ0n) is 9.52. The van der Waals surface area contributed by atoms with Crippen LogP contribution in [0.4, 0.5) is 4.39 Å². The molecule has 1 aromatic heterocycles. The van der Waals surface area contributed by atoms with Crippen LogP contribution in [0.5, 0.6) is 5.75 Å². The fourth-order valence-corrected chi connectivity index (χ4v) is 1.31. The van der Waals surface area contributed by atoms with Crippen molar-refractivity contribution in [1.82, 2.24) is 15.3 Å². The number of hydrogen-bond donors (Lipinski definition) is 2. The molecular weight excluding hydrogens is 237 g/mol. The van der Waals surface area contributed by atoms with Crippen LogP contribution >= 0.6 is 0 Å². The Morgan fingerprint density at radius 3 is 2.83 bits per heavy atom. The first kappa shape index (κ1) is 12.1. The second-order valence-corrected chi connectivity index (χ2v) is 3.60. The van der Waals surface area contributed by atoms with Crippen molar-refractivity contribution in [2.45, 2.75) is 6.54 Å². The molecule has 2 aromatic rings. The van der Waals surface area contributed by atoms with Gasteiger partial charge in [0.15, 0.2) is 6.61 Å². The normalized spacial score (nSPS) is 10.1. The smallest absolute Gasteiger partial charge is 0.258 e. The summed E-state index contributed by atoms with van der Waals surface area (Å²) in [7, 11) is 0. The Labute approximate surface area is 103 Å². The number of carbonyl (C=O) groups is 1. The molecule has 0 saturated carbocycles. The predicted molar refractivity (Wildman–Crippen MR) is 62.3 cm³/mol. The Balaban J connectivity index is 1.73. The molecule has 6 heteroatoms. The fourth-order valence-electron chi connectivity index (χ4n) is 1.31. The third-order valence-electron chi connectivity index (χ3n) is 2.21. The molecule has 0 aliphatic rings. The molecule has 94 valence electrons. The summed E-state index contributed by atoms with van der Waals surface area (Å²) < 4.78 is 17.8. The average Bonchev–Trinajstić information content (AvgIpc) is 2.89. The molecule has 0 spiro atoms. The van der Waals surface area contributed by atoms with E-state index in [1.807, 2.05) is 0 Å². The van der Waals surface area contributed by atoms with E-state index in [0.29, 0.717) is 12.3 Å². The van der Waals surface area contributed by atoms with Crippen LogP contribution in [-0.4, -0.2) is 22.5 Å². The van der Waals surface area contributed by atoms with Gasteiger partial charge in [-0.3, -0.25) is 4.79 Å². The van der Waals surface area contributed by atoms with Crippen LogP contribution in [0.1, 0.15) is 5.69 Å². The summed E-state index contributed by atoms with van der Waals surface area (Å²) in [6.07, 6.45) is 3.16. The zero-order valence-corrected chi connectivity index (χ0v) is 9.52. The zero-order chi connectivity index (χ0) is 12.8. The first-order valence-electron chi connectivity index (χ1n) is 5.36. The molecule has 0 saturated heterocycles. The van der Waals surface area contributed by atoms with Crippen molar-refractivity contribution in [3.05, 3.63) is 48.3 Å². The van der Waals surface area contributed by atoms with Gasteiger partial charge in [-0.2, -0.15) is 0 Å². The number of amides is 1. The highest BCUT2D eigenvalue weighted by atomic mass is 19.1. The molecule has 0 radical (unpaired) electrons.